The number of rotatable bonds is 5. The molecule has 0 aliphatic carbocycles. The van der Waals surface area contributed by atoms with Crippen molar-refractivity contribution in [3.05, 3.63) is 64.2 Å². The largest absolute Gasteiger partial charge is 0.395 e. The van der Waals surface area contributed by atoms with Crippen LogP contribution < -0.4 is 5.56 Å². The molecule has 1 unspecified atom stereocenters. The van der Waals surface area contributed by atoms with E-state index in [0.29, 0.717) is 17.4 Å². The summed E-state index contributed by atoms with van der Waals surface area (Å²) in [6.45, 7) is 3.66. The second kappa shape index (κ2) is 7.54. The minimum absolute atomic E-state index is 0.0316. The van der Waals surface area contributed by atoms with Crippen LogP contribution in [0.25, 0.3) is 10.9 Å². The summed E-state index contributed by atoms with van der Waals surface area (Å²) in [5, 5.41) is 10.1. The average molecular weight is 365 g/mol. The van der Waals surface area contributed by atoms with Gasteiger partial charge in [0.15, 0.2) is 0 Å². The van der Waals surface area contributed by atoms with Crippen molar-refractivity contribution in [2.75, 3.05) is 13.2 Å². The lowest BCUT2D eigenvalue weighted by atomic mass is 10.1. The smallest absolute Gasteiger partial charge is 0.261 e. The van der Waals surface area contributed by atoms with Crippen molar-refractivity contribution < 1.29 is 5.11 Å². The highest BCUT2D eigenvalue weighted by molar-refractivity contribution is 5.77. The monoisotopic (exact) mass is 365 g/mol. The molecule has 1 aliphatic heterocycles. The third-order valence-electron chi connectivity index (χ3n) is 5.08. The molecule has 7 nitrogen and oxygen atoms in total. The molecule has 1 aromatic carbocycles. The minimum Gasteiger partial charge on any atom is -0.395 e. The number of aliphatic hydroxyl groups excluding tert-OH is 1. The predicted molar refractivity (Wildman–Crippen MR) is 102 cm³/mol. The Labute approximate surface area is 157 Å². The average Bonchev–Trinajstić information content (AvgIpc) is 3.12. The Morgan fingerprint density at radius 2 is 2.07 bits per heavy atom. The number of benzene rings is 1. The highest BCUT2D eigenvalue weighted by Gasteiger charge is 2.30. The second-order valence-corrected chi connectivity index (χ2v) is 6.89. The summed E-state index contributed by atoms with van der Waals surface area (Å²) in [7, 11) is 0. The van der Waals surface area contributed by atoms with Gasteiger partial charge in [-0.3, -0.25) is 14.3 Å². The van der Waals surface area contributed by atoms with Gasteiger partial charge in [0.25, 0.3) is 5.56 Å². The Balaban J connectivity index is 1.75. The number of nitrogens with zero attached hydrogens (tertiary/aromatic N) is 5. The molecule has 0 amide bonds. The number of hydrogen-bond acceptors (Lipinski definition) is 6. The Hall–Kier alpha value is -2.64. The van der Waals surface area contributed by atoms with E-state index in [2.05, 4.69) is 14.9 Å². The van der Waals surface area contributed by atoms with Crippen LogP contribution in [0.5, 0.6) is 0 Å². The number of aryl methyl sites for hydroxylation is 1. The van der Waals surface area contributed by atoms with Gasteiger partial charge in [0, 0.05) is 12.7 Å². The van der Waals surface area contributed by atoms with Gasteiger partial charge in [0.1, 0.15) is 11.6 Å². The van der Waals surface area contributed by atoms with E-state index >= 15 is 0 Å². The zero-order chi connectivity index (χ0) is 18.8. The lowest BCUT2D eigenvalue weighted by molar-refractivity contribution is 0.221. The SMILES string of the molecule is Cc1nccc(CN2CCCC2c2nc3ccccc3c(=O)n2CCO)n1. The standard InChI is InChI=1S/C20H23N5O2/c1-14-21-9-8-15(22-14)13-24-10-4-7-18(24)19-23-17-6-3-2-5-16(17)20(27)25(19)11-12-26/h2-3,5-6,8-9,18,26H,4,7,10-13H2,1H3. The van der Waals surface area contributed by atoms with Gasteiger partial charge < -0.3 is 5.11 Å². The molecule has 0 bridgehead atoms. The van der Waals surface area contributed by atoms with Crippen molar-refractivity contribution in [2.24, 2.45) is 0 Å². The van der Waals surface area contributed by atoms with Crippen LogP contribution in [-0.4, -0.2) is 42.7 Å². The van der Waals surface area contributed by atoms with Gasteiger partial charge in [-0.15, -0.1) is 0 Å². The van der Waals surface area contributed by atoms with E-state index in [4.69, 9.17) is 4.98 Å². The van der Waals surface area contributed by atoms with Crippen LogP contribution >= 0.6 is 0 Å². The molecular weight excluding hydrogens is 342 g/mol. The molecule has 3 aromatic rings. The summed E-state index contributed by atoms with van der Waals surface area (Å²) < 4.78 is 1.64. The first kappa shape index (κ1) is 17.8. The first-order valence-electron chi connectivity index (χ1n) is 9.30. The van der Waals surface area contributed by atoms with E-state index in [9.17, 15) is 9.90 Å². The second-order valence-electron chi connectivity index (χ2n) is 6.89. The molecule has 140 valence electrons. The number of likely N-dealkylation sites (tertiary alicyclic amines) is 1. The molecule has 0 spiro atoms. The quantitative estimate of drug-likeness (QED) is 0.743. The van der Waals surface area contributed by atoms with Gasteiger partial charge in [-0.1, -0.05) is 12.1 Å². The van der Waals surface area contributed by atoms with Crippen LogP contribution in [0.4, 0.5) is 0 Å². The molecule has 0 saturated carbocycles. The topological polar surface area (TPSA) is 84.1 Å². The fraction of sp³-hybridized carbons (Fsp3) is 0.400. The molecular formula is C20H23N5O2. The number of fused-ring (bicyclic) bond motifs is 1. The maximum atomic E-state index is 13.0. The Morgan fingerprint density at radius 1 is 1.22 bits per heavy atom. The molecule has 3 heterocycles. The molecule has 2 aromatic heterocycles. The molecule has 1 aliphatic rings. The predicted octanol–water partition coefficient (Wildman–Crippen LogP) is 1.82. The zero-order valence-electron chi connectivity index (χ0n) is 15.4. The van der Waals surface area contributed by atoms with Gasteiger partial charge in [-0.2, -0.15) is 0 Å². The molecule has 1 atom stereocenters. The van der Waals surface area contributed by atoms with Crippen LogP contribution in [0.2, 0.25) is 0 Å². The number of para-hydroxylation sites is 1. The van der Waals surface area contributed by atoms with E-state index in [1.807, 2.05) is 31.2 Å². The van der Waals surface area contributed by atoms with Crippen molar-refractivity contribution in [1.82, 2.24) is 24.4 Å². The minimum atomic E-state index is -0.0925. The van der Waals surface area contributed by atoms with Crippen molar-refractivity contribution in [2.45, 2.75) is 38.9 Å². The molecule has 1 fully saturated rings. The molecule has 1 saturated heterocycles. The van der Waals surface area contributed by atoms with Gasteiger partial charge in [0.2, 0.25) is 0 Å². The van der Waals surface area contributed by atoms with Gasteiger partial charge >= 0.3 is 0 Å². The third kappa shape index (κ3) is 3.48. The fourth-order valence-electron chi connectivity index (χ4n) is 3.86. The highest BCUT2D eigenvalue weighted by atomic mass is 16.3. The van der Waals surface area contributed by atoms with E-state index < -0.39 is 0 Å². The molecule has 7 heteroatoms. The van der Waals surface area contributed by atoms with Crippen LogP contribution in [0.3, 0.4) is 0 Å². The van der Waals surface area contributed by atoms with Crippen molar-refractivity contribution >= 4 is 10.9 Å². The van der Waals surface area contributed by atoms with E-state index in [-0.39, 0.29) is 24.8 Å². The molecule has 0 radical (unpaired) electrons. The number of aromatic nitrogens is 4. The van der Waals surface area contributed by atoms with Gasteiger partial charge in [0.05, 0.1) is 35.8 Å². The normalized spacial score (nSPS) is 17.6. The van der Waals surface area contributed by atoms with E-state index in [1.54, 1.807) is 16.8 Å². The van der Waals surface area contributed by atoms with Crippen molar-refractivity contribution in [3.63, 3.8) is 0 Å². The van der Waals surface area contributed by atoms with Crippen molar-refractivity contribution in [1.29, 1.82) is 0 Å². The summed E-state index contributed by atoms with van der Waals surface area (Å²) in [6.07, 6.45) is 3.75. The maximum absolute atomic E-state index is 13.0. The number of hydrogen-bond donors (Lipinski definition) is 1. The molecule has 27 heavy (non-hydrogen) atoms. The first-order valence-corrected chi connectivity index (χ1v) is 9.30. The zero-order valence-corrected chi connectivity index (χ0v) is 15.4. The number of aliphatic hydroxyl groups is 1. The lowest BCUT2D eigenvalue weighted by Gasteiger charge is -2.26. The Kier molecular flexibility index (Phi) is 4.96. The van der Waals surface area contributed by atoms with E-state index in [1.165, 1.54) is 0 Å². The molecule has 4 rings (SSSR count). The fourth-order valence-corrected chi connectivity index (χ4v) is 3.86. The highest BCUT2D eigenvalue weighted by Crippen LogP contribution is 2.32. The summed E-state index contributed by atoms with van der Waals surface area (Å²) in [6, 6.07) is 9.36. The summed E-state index contributed by atoms with van der Waals surface area (Å²) in [4.78, 5) is 28.8. The summed E-state index contributed by atoms with van der Waals surface area (Å²) in [5.74, 6) is 1.49. The Morgan fingerprint density at radius 3 is 2.89 bits per heavy atom. The maximum Gasteiger partial charge on any atom is 0.261 e. The summed E-state index contributed by atoms with van der Waals surface area (Å²) in [5.41, 5.74) is 1.58. The Bertz CT molecular complexity index is 1020. The first-order chi connectivity index (χ1) is 13.2. The molecule has 1 N–H and O–H groups in total. The summed E-state index contributed by atoms with van der Waals surface area (Å²) >= 11 is 0. The van der Waals surface area contributed by atoms with Gasteiger partial charge in [-0.05, 0) is 44.5 Å². The van der Waals surface area contributed by atoms with Gasteiger partial charge in [-0.25, -0.2) is 15.0 Å². The van der Waals surface area contributed by atoms with Crippen molar-refractivity contribution in [3.8, 4) is 0 Å². The van der Waals surface area contributed by atoms with Crippen LogP contribution in [-0.2, 0) is 13.1 Å². The third-order valence-corrected chi connectivity index (χ3v) is 5.08. The van der Waals surface area contributed by atoms with Crippen LogP contribution in [0, 0.1) is 6.92 Å². The lowest BCUT2D eigenvalue weighted by Crippen LogP contribution is -2.33. The van der Waals surface area contributed by atoms with E-state index in [0.717, 1.165) is 36.7 Å². The van der Waals surface area contributed by atoms with Crippen LogP contribution in [0.1, 0.15) is 36.2 Å². The van der Waals surface area contributed by atoms with Crippen LogP contribution in [0.15, 0.2) is 41.3 Å².